The van der Waals surface area contributed by atoms with Gasteiger partial charge in [0.25, 0.3) is 5.56 Å². The van der Waals surface area contributed by atoms with E-state index in [4.69, 9.17) is 0 Å². The highest BCUT2D eigenvalue weighted by molar-refractivity contribution is 7.98. The van der Waals surface area contributed by atoms with Crippen molar-refractivity contribution >= 4 is 34.2 Å². The molecule has 0 saturated heterocycles. The molecule has 0 unspecified atom stereocenters. The van der Waals surface area contributed by atoms with E-state index in [9.17, 15) is 14.4 Å². The number of nitrogens with zero attached hydrogens (tertiary/aromatic N) is 4. The quantitative estimate of drug-likeness (QED) is 0.433. The van der Waals surface area contributed by atoms with E-state index < -0.39 is 11.2 Å². The fourth-order valence-corrected chi connectivity index (χ4v) is 3.95. The summed E-state index contributed by atoms with van der Waals surface area (Å²) in [5.41, 5.74) is 0.248. The lowest BCUT2D eigenvalue weighted by atomic mass is 10.2. The molecule has 1 amide bonds. The molecule has 0 aliphatic heterocycles. The molecule has 9 nitrogen and oxygen atoms in total. The van der Waals surface area contributed by atoms with Gasteiger partial charge in [-0.15, -0.1) is 10.2 Å². The summed E-state index contributed by atoms with van der Waals surface area (Å²) < 4.78 is 2.91. The van der Waals surface area contributed by atoms with Gasteiger partial charge in [-0.05, 0) is 42.7 Å². The second kappa shape index (κ2) is 9.17. The number of H-pyrrole nitrogens is 1. The van der Waals surface area contributed by atoms with Crippen LogP contribution in [0.25, 0.3) is 16.6 Å². The third-order valence-electron chi connectivity index (χ3n) is 5.05. The Labute approximate surface area is 181 Å². The Balaban J connectivity index is 1.52. The standard InChI is InChI=1S/C21H22N6O3S/c1-31-13-10-16(19-25-24-17-8-4-5-11-26(17)19)22-18(28)9-12-27-20(29)14-6-2-3-7-15(14)23-21(27)30/h2-8,11,16H,9-10,12-13H2,1H3,(H,22,28)(H,23,30)/t16-/m0/s1. The highest BCUT2D eigenvalue weighted by atomic mass is 32.2. The first-order valence-corrected chi connectivity index (χ1v) is 11.3. The number of carbonyl (C=O) groups is 1. The number of thioether (sulfide) groups is 1. The van der Waals surface area contributed by atoms with Crippen molar-refractivity contribution in [3.8, 4) is 0 Å². The van der Waals surface area contributed by atoms with Crippen molar-refractivity contribution in [2.75, 3.05) is 12.0 Å². The Morgan fingerprint density at radius 3 is 2.81 bits per heavy atom. The first kappa shape index (κ1) is 20.9. The molecule has 4 rings (SSSR count). The van der Waals surface area contributed by atoms with Crippen LogP contribution in [0, 0.1) is 0 Å². The molecule has 3 heterocycles. The minimum atomic E-state index is -0.529. The zero-order chi connectivity index (χ0) is 21.8. The Bertz CT molecular complexity index is 1340. The van der Waals surface area contributed by atoms with Crippen LogP contribution in [0.3, 0.4) is 0 Å². The van der Waals surface area contributed by atoms with Crippen molar-refractivity contribution in [3.63, 3.8) is 0 Å². The summed E-state index contributed by atoms with van der Waals surface area (Å²) in [6.07, 6.45) is 4.53. The highest BCUT2D eigenvalue weighted by Crippen LogP contribution is 2.18. The maximum atomic E-state index is 12.7. The molecule has 3 aromatic heterocycles. The molecule has 0 aliphatic rings. The summed E-state index contributed by atoms with van der Waals surface area (Å²) in [6.45, 7) is -0.0132. The van der Waals surface area contributed by atoms with E-state index in [-0.39, 0.29) is 24.9 Å². The number of pyridine rings is 1. The molecule has 160 valence electrons. The molecular formula is C21H22N6O3S. The molecule has 0 bridgehead atoms. The zero-order valence-corrected chi connectivity index (χ0v) is 17.8. The SMILES string of the molecule is CSCC[C@H](NC(=O)CCn1c(=O)[nH]c2ccccc2c1=O)c1nnc2ccccn12. The molecule has 10 heteroatoms. The summed E-state index contributed by atoms with van der Waals surface area (Å²) >= 11 is 1.68. The Morgan fingerprint density at radius 2 is 1.97 bits per heavy atom. The Kier molecular flexibility index (Phi) is 6.17. The highest BCUT2D eigenvalue weighted by Gasteiger charge is 2.20. The molecule has 31 heavy (non-hydrogen) atoms. The van der Waals surface area contributed by atoms with Gasteiger partial charge in [-0.2, -0.15) is 11.8 Å². The average molecular weight is 439 g/mol. The maximum Gasteiger partial charge on any atom is 0.328 e. The van der Waals surface area contributed by atoms with Crippen LogP contribution in [0.1, 0.15) is 24.7 Å². The number of carbonyl (C=O) groups excluding carboxylic acids is 1. The number of nitrogens with one attached hydrogen (secondary N) is 2. The molecule has 1 atom stereocenters. The van der Waals surface area contributed by atoms with Gasteiger partial charge < -0.3 is 10.3 Å². The van der Waals surface area contributed by atoms with E-state index in [0.717, 1.165) is 10.3 Å². The van der Waals surface area contributed by atoms with Crippen LogP contribution in [0.2, 0.25) is 0 Å². The van der Waals surface area contributed by atoms with Crippen molar-refractivity contribution < 1.29 is 4.79 Å². The lowest BCUT2D eigenvalue weighted by molar-refractivity contribution is -0.122. The minimum Gasteiger partial charge on any atom is -0.346 e. The van der Waals surface area contributed by atoms with Crippen molar-refractivity contribution in [1.29, 1.82) is 0 Å². The van der Waals surface area contributed by atoms with Crippen molar-refractivity contribution in [1.82, 2.24) is 29.5 Å². The molecule has 0 radical (unpaired) electrons. The Hall–Kier alpha value is -3.40. The minimum absolute atomic E-state index is 0.00612. The summed E-state index contributed by atoms with van der Waals surface area (Å²) in [5.74, 6) is 1.22. The van der Waals surface area contributed by atoms with Crippen molar-refractivity contribution in [2.45, 2.75) is 25.4 Å². The molecule has 0 aliphatic carbocycles. The fourth-order valence-electron chi connectivity index (χ4n) is 3.48. The topological polar surface area (TPSA) is 114 Å². The number of amides is 1. The summed E-state index contributed by atoms with van der Waals surface area (Å²) in [5, 5.41) is 11.8. The third kappa shape index (κ3) is 4.38. The number of aromatic amines is 1. The normalized spacial score (nSPS) is 12.3. The predicted octanol–water partition coefficient (Wildman–Crippen LogP) is 1.73. The average Bonchev–Trinajstić information content (AvgIpc) is 3.20. The van der Waals surface area contributed by atoms with Crippen molar-refractivity contribution in [3.05, 3.63) is 75.3 Å². The summed E-state index contributed by atoms with van der Waals surface area (Å²) in [6, 6.07) is 12.1. The first-order chi connectivity index (χ1) is 15.1. The van der Waals surface area contributed by atoms with Gasteiger partial charge in [-0.3, -0.25) is 18.6 Å². The van der Waals surface area contributed by atoms with Crippen molar-refractivity contribution in [2.24, 2.45) is 0 Å². The van der Waals surface area contributed by atoms with Crippen LogP contribution in [0.15, 0.2) is 58.3 Å². The zero-order valence-electron chi connectivity index (χ0n) is 16.9. The monoisotopic (exact) mass is 438 g/mol. The first-order valence-electron chi connectivity index (χ1n) is 9.88. The van der Waals surface area contributed by atoms with Crippen LogP contribution in [0.5, 0.6) is 0 Å². The number of rotatable bonds is 8. The number of para-hydroxylation sites is 1. The van der Waals surface area contributed by atoms with E-state index in [2.05, 4.69) is 20.5 Å². The smallest absolute Gasteiger partial charge is 0.328 e. The number of hydrogen-bond acceptors (Lipinski definition) is 6. The fraction of sp³-hybridized carbons (Fsp3) is 0.286. The Morgan fingerprint density at radius 1 is 1.16 bits per heavy atom. The number of fused-ring (bicyclic) bond motifs is 2. The molecule has 0 spiro atoms. The second-order valence-electron chi connectivity index (χ2n) is 7.07. The van der Waals surface area contributed by atoms with Gasteiger partial charge in [0.1, 0.15) is 0 Å². The molecule has 0 saturated carbocycles. The third-order valence-corrected chi connectivity index (χ3v) is 5.69. The van der Waals surface area contributed by atoms with E-state index in [1.54, 1.807) is 36.0 Å². The second-order valence-corrected chi connectivity index (χ2v) is 8.06. The maximum absolute atomic E-state index is 12.7. The lowest BCUT2D eigenvalue weighted by Gasteiger charge is -2.17. The molecule has 4 aromatic rings. The number of hydrogen-bond donors (Lipinski definition) is 2. The molecule has 0 fully saturated rings. The van der Waals surface area contributed by atoms with E-state index >= 15 is 0 Å². The van der Waals surface area contributed by atoms with Crippen LogP contribution < -0.4 is 16.6 Å². The van der Waals surface area contributed by atoms with Crippen LogP contribution in [-0.2, 0) is 11.3 Å². The molecule has 2 N–H and O–H groups in total. The van der Waals surface area contributed by atoms with Crippen LogP contribution >= 0.6 is 11.8 Å². The van der Waals surface area contributed by atoms with E-state index in [1.165, 1.54) is 0 Å². The van der Waals surface area contributed by atoms with Gasteiger partial charge in [0.15, 0.2) is 11.5 Å². The van der Waals surface area contributed by atoms with Crippen LogP contribution in [0.4, 0.5) is 0 Å². The number of aromatic nitrogens is 5. The van der Waals surface area contributed by atoms with Crippen LogP contribution in [-0.4, -0.2) is 42.1 Å². The van der Waals surface area contributed by atoms with Gasteiger partial charge in [-0.1, -0.05) is 18.2 Å². The molecule has 1 aromatic carbocycles. The van der Waals surface area contributed by atoms with Gasteiger partial charge in [0, 0.05) is 19.2 Å². The van der Waals surface area contributed by atoms with E-state index in [0.29, 0.717) is 28.8 Å². The van der Waals surface area contributed by atoms with Gasteiger partial charge in [-0.25, -0.2) is 4.79 Å². The number of benzene rings is 1. The van der Waals surface area contributed by atoms with Gasteiger partial charge in [0.2, 0.25) is 5.91 Å². The largest absolute Gasteiger partial charge is 0.346 e. The van der Waals surface area contributed by atoms with E-state index in [1.807, 2.05) is 35.1 Å². The predicted molar refractivity (Wildman–Crippen MR) is 120 cm³/mol. The van der Waals surface area contributed by atoms with Gasteiger partial charge >= 0.3 is 5.69 Å². The molecular weight excluding hydrogens is 416 g/mol. The lowest BCUT2D eigenvalue weighted by Crippen LogP contribution is -2.37. The summed E-state index contributed by atoms with van der Waals surface area (Å²) in [4.78, 5) is 40.3. The summed E-state index contributed by atoms with van der Waals surface area (Å²) in [7, 11) is 0. The van der Waals surface area contributed by atoms with Gasteiger partial charge in [0.05, 0.1) is 16.9 Å².